The summed E-state index contributed by atoms with van der Waals surface area (Å²) < 4.78 is 5.33. The van der Waals surface area contributed by atoms with E-state index in [0.29, 0.717) is 32.0 Å². The zero-order chi connectivity index (χ0) is 15.8. The van der Waals surface area contributed by atoms with E-state index in [2.05, 4.69) is 5.32 Å². The predicted molar refractivity (Wildman–Crippen MR) is 82.2 cm³/mol. The molecular weight excluding hydrogens is 284 g/mol. The summed E-state index contributed by atoms with van der Waals surface area (Å²) in [6, 6.07) is 0. The van der Waals surface area contributed by atoms with Crippen LogP contribution in [0.5, 0.6) is 0 Å². The number of amides is 2. The Balaban J connectivity index is 1.74. The van der Waals surface area contributed by atoms with Gasteiger partial charge < -0.3 is 20.1 Å². The van der Waals surface area contributed by atoms with Crippen LogP contribution in [0.15, 0.2) is 0 Å². The molecule has 22 heavy (non-hydrogen) atoms. The Morgan fingerprint density at radius 2 is 2.18 bits per heavy atom. The van der Waals surface area contributed by atoms with Gasteiger partial charge in [0.1, 0.15) is 0 Å². The number of hydrogen-bond donors (Lipinski definition) is 2. The van der Waals surface area contributed by atoms with E-state index >= 15 is 0 Å². The summed E-state index contributed by atoms with van der Waals surface area (Å²) in [7, 11) is 0. The smallest absolute Gasteiger partial charge is 0.239 e. The van der Waals surface area contributed by atoms with E-state index in [4.69, 9.17) is 4.74 Å². The van der Waals surface area contributed by atoms with E-state index in [1.54, 1.807) is 4.90 Å². The summed E-state index contributed by atoms with van der Waals surface area (Å²) in [6.45, 7) is 2.70. The average molecular weight is 312 g/mol. The van der Waals surface area contributed by atoms with Crippen LogP contribution in [0.25, 0.3) is 0 Å². The number of nitrogens with one attached hydrogen (secondary N) is 1. The van der Waals surface area contributed by atoms with Crippen LogP contribution < -0.4 is 5.32 Å². The summed E-state index contributed by atoms with van der Waals surface area (Å²) in [5.74, 6) is 0.298. The quantitative estimate of drug-likeness (QED) is 0.750. The third-order valence-electron chi connectivity index (χ3n) is 4.68. The topological polar surface area (TPSA) is 78.9 Å². The van der Waals surface area contributed by atoms with Crippen molar-refractivity contribution in [3.63, 3.8) is 0 Å². The Kier molecular flexibility index (Phi) is 7.12. The molecular formula is C16H28N2O4. The number of likely N-dealkylation sites (tertiary alicyclic amines) is 1. The van der Waals surface area contributed by atoms with Gasteiger partial charge in [-0.05, 0) is 25.2 Å². The molecule has 2 aliphatic rings. The van der Waals surface area contributed by atoms with Gasteiger partial charge in [0.15, 0.2) is 0 Å². The number of hydrogen-bond acceptors (Lipinski definition) is 4. The first-order chi connectivity index (χ1) is 10.7. The molecule has 0 aliphatic carbocycles. The molecule has 0 unspecified atom stereocenters. The number of aliphatic hydroxyl groups excluding tert-OH is 1. The van der Waals surface area contributed by atoms with Gasteiger partial charge in [0, 0.05) is 45.2 Å². The molecule has 6 heteroatoms. The number of rotatable bonds is 6. The molecule has 2 heterocycles. The molecule has 0 aromatic heterocycles. The Bertz CT molecular complexity index is 369. The van der Waals surface area contributed by atoms with Crippen molar-refractivity contribution in [2.24, 2.45) is 11.8 Å². The van der Waals surface area contributed by atoms with Crippen LogP contribution in [0.4, 0.5) is 0 Å². The molecule has 0 aromatic rings. The van der Waals surface area contributed by atoms with Crippen molar-refractivity contribution in [1.82, 2.24) is 10.2 Å². The molecule has 2 amide bonds. The van der Waals surface area contributed by atoms with Crippen molar-refractivity contribution in [3.8, 4) is 0 Å². The monoisotopic (exact) mass is 312 g/mol. The van der Waals surface area contributed by atoms with Gasteiger partial charge in [-0.25, -0.2) is 0 Å². The fraction of sp³-hybridized carbons (Fsp3) is 0.875. The van der Waals surface area contributed by atoms with Gasteiger partial charge in [-0.3, -0.25) is 9.59 Å². The van der Waals surface area contributed by atoms with E-state index in [1.807, 2.05) is 0 Å². The highest BCUT2D eigenvalue weighted by Crippen LogP contribution is 2.21. The minimum atomic E-state index is -0.133. The third-order valence-corrected chi connectivity index (χ3v) is 4.68. The van der Waals surface area contributed by atoms with E-state index in [9.17, 15) is 14.7 Å². The standard InChI is InChI=1S/C16H28N2O4/c19-11-14(13-6-8-22-12-13)9-17-15(20)10-18-7-4-2-1-3-5-16(18)21/h13-14,19H,1-12H2,(H,17,20)/t13-,14+/m0/s1. The number of nitrogens with zero attached hydrogens (tertiary/aromatic N) is 1. The normalized spacial score (nSPS) is 24.7. The molecule has 0 radical (unpaired) electrons. The molecule has 126 valence electrons. The molecule has 2 aliphatic heterocycles. The van der Waals surface area contributed by atoms with Crippen LogP contribution in [-0.4, -0.2) is 61.3 Å². The maximum atomic E-state index is 12.1. The van der Waals surface area contributed by atoms with Crippen molar-refractivity contribution >= 4 is 11.8 Å². The maximum absolute atomic E-state index is 12.1. The Hall–Kier alpha value is -1.14. The maximum Gasteiger partial charge on any atom is 0.239 e. The van der Waals surface area contributed by atoms with Crippen molar-refractivity contribution < 1.29 is 19.4 Å². The second-order valence-electron chi connectivity index (χ2n) is 6.35. The average Bonchev–Trinajstić information content (AvgIpc) is 3.02. The highest BCUT2D eigenvalue weighted by Gasteiger charge is 2.26. The van der Waals surface area contributed by atoms with Crippen LogP contribution >= 0.6 is 0 Å². The zero-order valence-corrected chi connectivity index (χ0v) is 13.3. The lowest BCUT2D eigenvalue weighted by atomic mass is 9.92. The van der Waals surface area contributed by atoms with E-state index in [0.717, 1.165) is 38.7 Å². The van der Waals surface area contributed by atoms with Gasteiger partial charge in [0.2, 0.25) is 11.8 Å². The molecule has 2 fully saturated rings. The van der Waals surface area contributed by atoms with Crippen LogP contribution in [0, 0.1) is 11.8 Å². The first-order valence-corrected chi connectivity index (χ1v) is 8.43. The number of carbonyl (C=O) groups is 2. The minimum Gasteiger partial charge on any atom is -0.396 e. The van der Waals surface area contributed by atoms with Crippen LogP contribution in [0.2, 0.25) is 0 Å². The lowest BCUT2D eigenvalue weighted by molar-refractivity contribution is -0.136. The Morgan fingerprint density at radius 1 is 1.36 bits per heavy atom. The molecule has 2 N–H and O–H groups in total. The summed E-state index contributed by atoms with van der Waals surface area (Å²) in [6.07, 6.45) is 5.60. The number of aliphatic hydroxyl groups is 1. The summed E-state index contributed by atoms with van der Waals surface area (Å²) in [4.78, 5) is 25.7. The SMILES string of the molecule is O=C(CN1CCCCCCC1=O)NC[C@H](CO)[C@H]1CCOC1. The first-order valence-electron chi connectivity index (χ1n) is 8.43. The van der Waals surface area contributed by atoms with E-state index < -0.39 is 0 Å². The largest absolute Gasteiger partial charge is 0.396 e. The van der Waals surface area contributed by atoms with Crippen molar-refractivity contribution in [3.05, 3.63) is 0 Å². The van der Waals surface area contributed by atoms with Crippen LogP contribution in [-0.2, 0) is 14.3 Å². The lowest BCUT2D eigenvalue weighted by Gasteiger charge is -2.25. The minimum absolute atomic E-state index is 0.0366. The molecule has 0 bridgehead atoms. The van der Waals surface area contributed by atoms with Gasteiger partial charge in [0.25, 0.3) is 0 Å². The number of carbonyl (C=O) groups excluding carboxylic acids is 2. The van der Waals surface area contributed by atoms with Crippen molar-refractivity contribution in [2.75, 3.05) is 39.5 Å². The van der Waals surface area contributed by atoms with Gasteiger partial charge in [0.05, 0.1) is 6.54 Å². The van der Waals surface area contributed by atoms with Gasteiger partial charge >= 0.3 is 0 Å². The van der Waals surface area contributed by atoms with Crippen molar-refractivity contribution in [1.29, 1.82) is 0 Å². The first kappa shape index (κ1) is 17.2. The molecule has 6 nitrogen and oxygen atoms in total. The molecule has 0 aromatic carbocycles. The van der Waals surface area contributed by atoms with Crippen molar-refractivity contribution in [2.45, 2.75) is 38.5 Å². The van der Waals surface area contributed by atoms with Gasteiger partial charge in [-0.15, -0.1) is 0 Å². The highest BCUT2D eigenvalue weighted by molar-refractivity contribution is 5.84. The zero-order valence-electron chi connectivity index (χ0n) is 13.3. The molecule has 2 rings (SSSR count). The Labute approximate surface area is 132 Å². The molecule has 2 atom stereocenters. The van der Waals surface area contributed by atoms with E-state index in [1.165, 1.54) is 0 Å². The summed E-state index contributed by atoms with van der Waals surface area (Å²) >= 11 is 0. The Morgan fingerprint density at radius 3 is 2.91 bits per heavy atom. The molecule has 0 saturated carbocycles. The van der Waals surface area contributed by atoms with Gasteiger partial charge in [-0.1, -0.05) is 12.8 Å². The third kappa shape index (κ3) is 5.25. The second kappa shape index (κ2) is 9.10. The second-order valence-corrected chi connectivity index (χ2v) is 6.35. The van der Waals surface area contributed by atoms with Crippen LogP contribution in [0.3, 0.4) is 0 Å². The van der Waals surface area contributed by atoms with Gasteiger partial charge in [-0.2, -0.15) is 0 Å². The fourth-order valence-corrected chi connectivity index (χ4v) is 3.16. The predicted octanol–water partition coefficient (Wildman–Crippen LogP) is 0.540. The molecule has 0 spiro atoms. The summed E-state index contributed by atoms with van der Waals surface area (Å²) in [5.41, 5.74) is 0. The molecule has 2 saturated heterocycles. The fourth-order valence-electron chi connectivity index (χ4n) is 3.16. The lowest BCUT2D eigenvalue weighted by Crippen LogP contribution is -2.43. The number of ether oxygens (including phenoxy) is 1. The van der Waals surface area contributed by atoms with Crippen LogP contribution in [0.1, 0.15) is 38.5 Å². The highest BCUT2D eigenvalue weighted by atomic mass is 16.5. The summed E-state index contributed by atoms with van der Waals surface area (Å²) in [5, 5.41) is 12.3. The van der Waals surface area contributed by atoms with E-state index in [-0.39, 0.29) is 30.9 Å².